The van der Waals surface area contributed by atoms with Gasteiger partial charge in [0.25, 0.3) is 5.78 Å². The van der Waals surface area contributed by atoms with Crippen molar-refractivity contribution < 1.29 is 23.9 Å². The summed E-state index contributed by atoms with van der Waals surface area (Å²) in [6.07, 6.45) is 1.53. The molecule has 0 aromatic carbocycles. The first-order chi connectivity index (χ1) is 9.52. The molecule has 0 aliphatic carbocycles. The minimum absolute atomic E-state index is 0.140. The number of ether oxygens (including phenoxy) is 2. The van der Waals surface area contributed by atoms with Crippen molar-refractivity contribution in [1.29, 1.82) is 0 Å². The number of rotatable bonds is 4. The van der Waals surface area contributed by atoms with Crippen molar-refractivity contribution in [3.8, 4) is 0 Å². The van der Waals surface area contributed by atoms with Gasteiger partial charge in [0.15, 0.2) is 0 Å². The highest BCUT2D eigenvalue weighted by Crippen LogP contribution is 2.29. The van der Waals surface area contributed by atoms with E-state index >= 15 is 0 Å². The molecule has 1 aliphatic heterocycles. The molecule has 0 saturated heterocycles. The Balaban J connectivity index is 2.52. The molecule has 2 heterocycles. The van der Waals surface area contributed by atoms with E-state index in [0.29, 0.717) is 24.1 Å². The smallest absolute Gasteiger partial charge is 0.381 e. The maximum atomic E-state index is 12.2. The van der Waals surface area contributed by atoms with Gasteiger partial charge < -0.3 is 14.0 Å². The second-order valence-electron chi connectivity index (χ2n) is 4.59. The van der Waals surface area contributed by atoms with Crippen LogP contribution in [0.3, 0.4) is 0 Å². The van der Waals surface area contributed by atoms with E-state index in [4.69, 9.17) is 9.47 Å². The Morgan fingerprint density at radius 3 is 2.60 bits per heavy atom. The highest BCUT2D eigenvalue weighted by Gasteiger charge is 2.33. The molecular weight excluding hydrogens is 262 g/mol. The topological polar surface area (TPSA) is 74.6 Å². The van der Waals surface area contributed by atoms with E-state index in [1.54, 1.807) is 18.4 Å². The molecule has 6 heteroatoms. The van der Waals surface area contributed by atoms with Gasteiger partial charge in [0.1, 0.15) is 5.69 Å². The number of hydrogen-bond acceptors (Lipinski definition) is 5. The average Bonchev–Trinajstić information content (AvgIpc) is 2.97. The molecule has 0 N–H and O–H groups in total. The Labute approximate surface area is 116 Å². The first-order valence-electron chi connectivity index (χ1n) is 6.54. The molecule has 1 aliphatic rings. The number of nitrogens with zero attached hydrogens (tertiary/aromatic N) is 1. The third-order valence-electron chi connectivity index (χ3n) is 3.48. The third-order valence-corrected chi connectivity index (χ3v) is 3.48. The summed E-state index contributed by atoms with van der Waals surface area (Å²) in [5.41, 5.74) is 1.90. The fourth-order valence-corrected chi connectivity index (χ4v) is 2.68. The predicted molar refractivity (Wildman–Crippen MR) is 69.8 cm³/mol. The summed E-state index contributed by atoms with van der Waals surface area (Å²) >= 11 is 0. The second-order valence-corrected chi connectivity index (χ2v) is 4.59. The van der Waals surface area contributed by atoms with Gasteiger partial charge in [-0.1, -0.05) is 0 Å². The summed E-state index contributed by atoms with van der Waals surface area (Å²) in [4.78, 5) is 35.7. The summed E-state index contributed by atoms with van der Waals surface area (Å²) in [7, 11) is 1.30. The van der Waals surface area contributed by atoms with Crippen LogP contribution in [0.15, 0.2) is 0 Å². The number of esters is 2. The number of ketones is 1. The Morgan fingerprint density at radius 2 is 2.00 bits per heavy atom. The van der Waals surface area contributed by atoms with Gasteiger partial charge in [-0.2, -0.15) is 0 Å². The zero-order chi connectivity index (χ0) is 14.9. The number of methoxy groups -OCH3 is 1. The Morgan fingerprint density at radius 1 is 1.30 bits per heavy atom. The normalized spacial score (nSPS) is 12.9. The van der Waals surface area contributed by atoms with Crippen LogP contribution in [0.2, 0.25) is 0 Å². The van der Waals surface area contributed by atoms with Crippen molar-refractivity contribution in [2.75, 3.05) is 13.7 Å². The molecule has 108 valence electrons. The maximum absolute atomic E-state index is 12.2. The summed E-state index contributed by atoms with van der Waals surface area (Å²) < 4.78 is 11.3. The molecule has 0 radical (unpaired) electrons. The van der Waals surface area contributed by atoms with Crippen LogP contribution in [-0.4, -0.2) is 36.0 Å². The summed E-state index contributed by atoms with van der Waals surface area (Å²) in [5, 5.41) is 0. The average molecular weight is 279 g/mol. The van der Waals surface area contributed by atoms with Crippen molar-refractivity contribution in [2.45, 2.75) is 33.2 Å². The van der Waals surface area contributed by atoms with Crippen molar-refractivity contribution >= 4 is 17.7 Å². The number of fused-ring (bicyclic) bond motifs is 1. The van der Waals surface area contributed by atoms with Gasteiger partial charge in [0.2, 0.25) is 0 Å². The number of carbonyl (C=O) groups excluding carboxylic acids is 3. The number of hydrogen-bond donors (Lipinski definition) is 0. The summed E-state index contributed by atoms with van der Waals surface area (Å²) in [6.45, 7) is 4.05. The Bertz CT molecular complexity index is 585. The van der Waals surface area contributed by atoms with Crippen LogP contribution in [0.25, 0.3) is 0 Å². The summed E-state index contributed by atoms with van der Waals surface area (Å²) in [6, 6.07) is 0. The molecule has 0 amide bonds. The zero-order valence-corrected chi connectivity index (χ0v) is 11.8. The van der Waals surface area contributed by atoms with Gasteiger partial charge in [-0.3, -0.25) is 4.79 Å². The van der Waals surface area contributed by atoms with Crippen molar-refractivity contribution in [3.63, 3.8) is 0 Å². The predicted octanol–water partition coefficient (Wildman–Crippen LogP) is 1.28. The van der Waals surface area contributed by atoms with Crippen LogP contribution in [-0.2, 0) is 27.2 Å². The SMILES string of the molecule is CCOC(=O)C(=O)c1c(C)c(C(=O)OC)c2n1CCC2. The standard InChI is InChI=1S/C14H17NO5/c1-4-20-14(18)12(16)11-8(2)10(13(17)19-3)9-6-5-7-15(9)11/h4-7H2,1-3H3. The molecule has 0 bridgehead atoms. The molecule has 1 aromatic heterocycles. The van der Waals surface area contributed by atoms with E-state index in [9.17, 15) is 14.4 Å². The molecule has 1 aromatic rings. The summed E-state index contributed by atoms with van der Waals surface area (Å²) in [5.74, 6) is -2.07. The fraction of sp³-hybridized carbons (Fsp3) is 0.500. The molecule has 2 rings (SSSR count). The minimum Gasteiger partial charge on any atom is -0.465 e. The monoisotopic (exact) mass is 279 g/mol. The lowest BCUT2D eigenvalue weighted by Gasteiger charge is -2.05. The first kappa shape index (κ1) is 14.3. The molecule has 0 spiro atoms. The number of aromatic nitrogens is 1. The minimum atomic E-state index is -0.890. The number of Topliss-reactive ketones (excluding diaryl/α,β-unsaturated/α-hetero) is 1. The van der Waals surface area contributed by atoms with Crippen LogP contribution < -0.4 is 0 Å². The molecule has 20 heavy (non-hydrogen) atoms. The van der Waals surface area contributed by atoms with E-state index in [1.165, 1.54) is 7.11 Å². The molecule has 0 fully saturated rings. The van der Waals surface area contributed by atoms with Gasteiger partial charge in [-0.15, -0.1) is 0 Å². The Hall–Kier alpha value is -2.11. The fourth-order valence-electron chi connectivity index (χ4n) is 2.68. The van der Waals surface area contributed by atoms with Crippen LogP contribution in [0.4, 0.5) is 0 Å². The van der Waals surface area contributed by atoms with E-state index in [1.807, 2.05) is 0 Å². The largest absolute Gasteiger partial charge is 0.465 e. The Kier molecular flexibility index (Phi) is 3.92. The lowest BCUT2D eigenvalue weighted by molar-refractivity contribution is -0.137. The van der Waals surface area contributed by atoms with E-state index in [0.717, 1.165) is 12.1 Å². The number of carbonyl (C=O) groups is 3. The van der Waals surface area contributed by atoms with Crippen LogP contribution in [0, 0.1) is 6.92 Å². The van der Waals surface area contributed by atoms with Gasteiger partial charge in [-0.25, -0.2) is 9.59 Å². The van der Waals surface area contributed by atoms with Gasteiger partial charge >= 0.3 is 11.9 Å². The van der Waals surface area contributed by atoms with E-state index in [2.05, 4.69) is 0 Å². The molecule has 0 saturated carbocycles. The zero-order valence-electron chi connectivity index (χ0n) is 11.8. The second kappa shape index (κ2) is 5.48. The lowest BCUT2D eigenvalue weighted by atomic mass is 10.1. The van der Waals surface area contributed by atoms with Crippen molar-refractivity contribution in [3.05, 3.63) is 22.5 Å². The van der Waals surface area contributed by atoms with Crippen molar-refractivity contribution in [1.82, 2.24) is 4.57 Å². The molecule has 6 nitrogen and oxygen atoms in total. The van der Waals surface area contributed by atoms with Crippen molar-refractivity contribution in [2.24, 2.45) is 0 Å². The quantitative estimate of drug-likeness (QED) is 0.471. The first-order valence-corrected chi connectivity index (χ1v) is 6.54. The van der Waals surface area contributed by atoms with Crippen LogP contribution in [0.5, 0.6) is 0 Å². The van der Waals surface area contributed by atoms with E-state index in [-0.39, 0.29) is 12.3 Å². The van der Waals surface area contributed by atoms with Gasteiger partial charge in [-0.05, 0) is 32.3 Å². The molecular formula is C14H17NO5. The van der Waals surface area contributed by atoms with Crippen LogP contribution >= 0.6 is 0 Å². The molecule has 0 unspecified atom stereocenters. The van der Waals surface area contributed by atoms with E-state index < -0.39 is 17.7 Å². The highest BCUT2D eigenvalue weighted by atomic mass is 16.5. The third kappa shape index (κ3) is 2.11. The van der Waals surface area contributed by atoms with Gasteiger partial charge in [0, 0.05) is 12.2 Å². The lowest BCUT2D eigenvalue weighted by Crippen LogP contribution is -2.21. The van der Waals surface area contributed by atoms with Crippen LogP contribution in [0.1, 0.15) is 45.4 Å². The van der Waals surface area contributed by atoms with Gasteiger partial charge in [0.05, 0.1) is 19.3 Å². The maximum Gasteiger partial charge on any atom is 0.381 e. The molecule has 0 atom stereocenters. The highest BCUT2D eigenvalue weighted by molar-refractivity contribution is 6.40.